The summed E-state index contributed by atoms with van der Waals surface area (Å²) >= 11 is 4.74. The van der Waals surface area contributed by atoms with Crippen LogP contribution in [0.4, 0.5) is 0 Å². The molecule has 4 nitrogen and oxygen atoms in total. The van der Waals surface area contributed by atoms with Crippen LogP contribution in [-0.4, -0.2) is 22.9 Å². The second-order valence-corrected chi connectivity index (χ2v) is 4.83. The van der Waals surface area contributed by atoms with E-state index in [4.69, 9.17) is 9.52 Å². The number of furan rings is 1. The van der Waals surface area contributed by atoms with Crippen molar-refractivity contribution in [3.8, 4) is 0 Å². The summed E-state index contributed by atoms with van der Waals surface area (Å²) in [7, 11) is 0. The first kappa shape index (κ1) is 10.1. The van der Waals surface area contributed by atoms with Crippen molar-refractivity contribution in [3.63, 3.8) is 0 Å². The van der Waals surface area contributed by atoms with E-state index in [-0.39, 0.29) is 5.37 Å². The molecule has 0 aromatic carbocycles. The number of nitrogens with one attached hydrogen (secondary N) is 1. The van der Waals surface area contributed by atoms with Crippen molar-refractivity contribution in [2.75, 3.05) is 5.75 Å². The average Bonchev–Trinajstić information content (AvgIpc) is 2.70. The molecule has 1 saturated heterocycles. The molecule has 1 aliphatic heterocycles. The average molecular weight is 278 g/mol. The van der Waals surface area contributed by atoms with Gasteiger partial charge in [0.2, 0.25) is 0 Å². The summed E-state index contributed by atoms with van der Waals surface area (Å²) in [5.74, 6) is 0.509. The number of hydrogen-bond acceptors (Lipinski definition) is 4. The molecule has 1 aromatic rings. The van der Waals surface area contributed by atoms with Crippen LogP contribution in [0.5, 0.6) is 0 Å². The summed E-state index contributed by atoms with van der Waals surface area (Å²) in [5, 5.41) is 11.7. The third kappa shape index (κ3) is 1.97. The quantitative estimate of drug-likeness (QED) is 0.864. The van der Waals surface area contributed by atoms with E-state index in [9.17, 15) is 4.79 Å². The maximum atomic E-state index is 10.7. The SMILES string of the molecule is O=C(O)[C@@H]1CS[C@@H](c2ccc(Br)o2)N1. The van der Waals surface area contributed by atoms with Crippen LogP contribution in [0.25, 0.3) is 0 Å². The Morgan fingerprint density at radius 3 is 3.00 bits per heavy atom. The van der Waals surface area contributed by atoms with Crippen LogP contribution >= 0.6 is 27.7 Å². The predicted octanol–water partition coefficient (Wildman–Crippen LogP) is 1.83. The Bertz CT molecular complexity index is 354. The fraction of sp³-hybridized carbons (Fsp3) is 0.375. The zero-order valence-corrected chi connectivity index (χ0v) is 9.47. The Labute approximate surface area is 93.2 Å². The molecule has 14 heavy (non-hydrogen) atoms. The Hall–Kier alpha value is -0.460. The molecular weight excluding hydrogens is 270 g/mol. The molecule has 2 atom stereocenters. The van der Waals surface area contributed by atoms with E-state index in [0.717, 1.165) is 5.76 Å². The molecule has 0 radical (unpaired) electrons. The molecule has 0 bridgehead atoms. The van der Waals surface area contributed by atoms with Gasteiger partial charge in [0.25, 0.3) is 0 Å². The number of carboxylic acid groups (broad SMARTS) is 1. The van der Waals surface area contributed by atoms with Crippen molar-refractivity contribution in [2.24, 2.45) is 0 Å². The molecule has 2 heterocycles. The monoisotopic (exact) mass is 277 g/mol. The zero-order chi connectivity index (χ0) is 10.1. The molecule has 2 N–H and O–H groups in total. The topological polar surface area (TPSA) is 62.5 Å². The van der Waals surface area contributed by atoms with Gasteiger partial charge in [0.05, 0.1) is 0 Å². The first-order chi connectivity index (χ1) is 6.66. The summed E-state index contributed by atoms with van der Waals surface area (Å²) < 4.78 is 6.00. The van der Waals surface area contributed by atoms with Crippen molar-refractivity contribution in [2.45, 2.75) is 11.4 Å². The highest BCUT2D eigenvalue weighted by molar-refractivity contribution is 9.10. The van der Waals surface area contributed by atoms with Gasteiger partial charge in [-0.25, -0.2) is 0 Å². The Morgan fingerprint density at radius 2 is 2.50 bits per heavy atom. The van der Waals surface area contributed by atoms with Gasteiger partial charge in [-0.2, -0.15) is 0 Å². The number of halogens is 1. The fourth-order valence-corrected chi connectivity index (χ4v) is 2.74. The third-order valence-corrected chi connectivity index (χ3v) is 3.59. The number of thioether (sulfide) groups is 1. The van der Waals surface area contributed by atoms with Crippen molar-refractivity contribution >= 4 is 33.7 Å². The van der Waals surface area contributed by atoms with Gasteiger partial charge < -0.3 is 9.52 Å². The standard InChI is InChI=1S/C8H8BrNO3S/c9-6-2-1-5(13-6)7-10-4(3-14-7)8(11)12/h1-2,4,7,10H,3H2,(H,11,12)/t4-,7-/m0/s1. The molecule has 0 spiro atoms. The van der Waals surface area contributed by atoms with Crippen LogP contribution in [-0.2, 0) is 4.79 Å². The Kier molecular flexibility index (Phi) is 2.85. The maximum absolute atomic E-state index is 10.7. The van der Waals surface area contributed by atoms with E-state index in [1.165, 1.54) is 11.8 Å². The van der Waals surface area contributed by atoms with Gasteiger partial charge in [-0.15, -0.1) is 11.8 Å². The second-order valence-electron chi connectivity index (χ2n) is 2.91. The number of rotatable bonds is 2. The maximum Gasteiger partial charge on any atom is 0.321 e. The molecule has 1 fully saturated rings. The lowest BCUT2D eigenvalue weighted by Gasteiger charge is -2.06. The lowest BCUT2D eigenvalue weighted by atomic mass is 10.3. The largest absolute Gasteiger partial charge is 0.480 e. The minimum Gasteiger partial charge on any atom is -0.480 e. The van der Waals surface area contributed by atoms with E-state index in [2.05, 4.69) is 21.2 Å². The van der Waals surface area contributed by atoms with Crippen LogP contribution in [0.1, 0.15) is 11.1 Å². The van der Waals surface area contributed by atoms with Gasteiger partial charge in [0.1, 0.15) is 17.2 Å². The minimum absolute atomic E-state index is 0.0533. The predicted molar refractivity (Wildman–Crippen MR) is 56.2 cm³/mol. The molecule has 0 aliphatic carbocycles. The first-order valence-corrected chi connectivity index (χ1v) is 5.86. The molecule has 1 aromatic heterocycles. The lowest BCUT2D eigenvalue weighted by Crippen LogP contribution is -2.33. The van der Waals surface area contributed by atoms with Crippen LogP contribution < -0.4 is 5.32 Å². The van der Waals surface area contributed by atoms with Gasteiger partial charge >= 0.3 is 5.97 Å². The molecular formula is C8H8BrNO3S. The molecule has 1 aliphatic rings. The first-order valence-electron chi connectivity index (χ1n) is 4.02. The summed E-state index contributed by atoms with van der Waals surface area (Å²) in [5.41, 5.74) is 0. The summed E-state index contributed by atoms with van der Waals surface area (Å²) in [6, 6.07) is 3.15. The van der Waals surface area contributed by atoms with E-state index in [1.807, 2.05) is 6.07 Å². The molecule has 0 amide bonds. The van der Waals surface area contributed by atoms with E-state index in [1.54, 1.807) is 6.07 Å². The van der Waals surface area contributed by atoms with Crippen LogP contribution in [0.2, 0.25) is 0 Å². The summed E-state index contributed by atoms with van der Waals surface area (Å²) in [4.78, 5) is 10.7. The minimum atomic E-state index is -0.814. The molecule has 76 valence electrons. The van der Waals surface area contributed by atoms with Crippen LogP contribution in [0, 0.1) is 0 Å². The van der Waals surface area contributed by atoms with Gasteiger partial charge in [0, 0.05) is 5.75 Å². The number of carbonyl (C=O) groups is 1. The highest BCUT2D eigenvalue weighted by atomic mass is 79.9. The number of carboxylic acids is 1. The smallest absolute Gasteiger partial charge is 0.321 e. The van der Waals surface area contributed by atoms with Crippen LogP contribution in [0.3, 0.4) is 0 Å². The Balaban J connectivity index is 2.05. The van der Waals surface area contributed by atoms with Crippen molar-refractivity contribution in [3.05, 3.63) is 22.6 Å². The van der Waals surface area contributed by atoms with Gasteiger partial charge in [0.15, 0.2) is 4.67 Å². The summed E-state index contributed by atoms with van der Waals surface area (Å²) in [6.45, 7) is 0. The highest BCUT2D eigenvalue weighted by Crippen LogP contribution is 2.34. The second kappa shape index (κ2) is 3.96. The highest BCUT2D eigenvalue weighted by Gasteiger charge is 2.31. The molecule has 0 unspecified atom stereocenters. The van der Waals surface area contributed by atoms with Gasteiger partial charge in [-0.3, -0.25) is 10.1 Å². The number of hydrogen-bond donors (Lipinski definition) is 2. The van der Waals surface area contributed by atoms with Crippen molar-refractivity contribution in [1.29, 1.82) is 0 Å². The van der Waals surface area contributed by atoms with E-state index >= 15 is 0 Å². The molecule has 0 saturated carbocycles. The zero-order valence-electron chi connectivity index (χ0n) is 7.07. The van der Waals surface area contributed by atoms with Crippen molar-refractivity contribution < 1.29 is 14.3 Å². The lowest BCUT2D eigenvalue weighted by molar-refractivity contribution is -0.138. The normalized spacial score (nSPS) is 26.6. The summed E-state index contributed by atoms with van der Waals surface area (Å²) in [6.07, 6.45) is 0. The third-order valence-electron chi connectivity index (χ3n) is 1.93. The Morgan fingerprint density at radius 1 is 1.71 bits per heavy atom. The van der Waals surface area contributed by atoms with Crippen molar-refractivity contribution in [1.82, 2.24) is 5.32 Å². The van der Waals surface area contributed by atoms with Crippen LogP contribution in [0.15, 0.2) is 21.2 Å². The fourth-order valence-electron chi connectivity index (χ4n) is 1.25. The van der Waals surface area contributed by atoms with Gasteiger partial charge in [-0.1, -0.05) is 0 Å². The molecule has 2 rings (SSSR count). The van der Waals surface area contributed by atoms with Gasteiger partial charge in [-0.05, 0) is 28.1 Å². The van der Waals surface area contributed by atoms with E-state index < -0.39 is 12.0 Å². The van der Waals surface area contributed by atoms with E-state index in [0.29, 0.717) is 10.4 Å². The molecule has 6 heteroatoms. The number of aliphatic carboxylic acids is 1.